The lowest BCUT2D eigenvalue weighted by Gasteiger charge is -2.14. The second-order valence-corrected chi connectivity index (χ2v) is 4.64. The van der Waals surface area contributed by atoms with Crippen LogP contribution in [-0.2, 0) is 13.1 Å². The Balaban J connectivity index is 1.74. The molecule has 0 bridgehead atoms. The van der Waals surface area contributed by atoms with E-state index in [1.165, 1.54) is 0 Å². The van der Waals surface area contributed by atoms with Crippen LogP contribution in [0.5, 0.6) is 0 Å². The monoisotopic (exact) mass is 267 g/mol. The van der Waals surface area contributed by atoms with Gasteiger partial charge in [-0.3, -0.25) is 5.10 Å². The zero-order valence-electron chi connectivity index (χ0n) is 10.7. The Morgan fingerprint density at radius 2 is 2.00 bits per heavy atom. The molecule has 0 saturated carbocycles. The number of nitrogens with zero attached hydrogens (tertiary/aromatic N) is 5. The quantitative estimate of drug-likeness (QED) is 0.718. The predicted octanol–water partition coefficient (Wildman–Crippen LogP) is 0.833. The summed E-state index contributed by atoms with van der Waals surface area (Å²) < 4.78 is 2.08. The molecule has 0 saturated heterocycles. The molecule has 2 aromatic heterocycles. The first-order valence-corrected chi connectivity index (χ1v) is 6.53. The molecule has 0 amide bonds. The van der Waals surface area contributed by atoms with Gasteiger partial charge in [0, 0.05) is 18.7 Å². The summed E-state index contributed by atoms with van der Waals surface area (Å²) in [6.45, 7) is 2.50. The molecular weight excluding hydrogens is 254 g/mol. The van der Waals surface area contributed by atoms with Crippen LogP contribution in [0.4, 0.5) is 0 Å². The average Bonchev–Trinajstić information content (AvgIpc) is 3.14. The molecule has 3 aromatic rings. The third-order valence-corrected chi connectivity index (χ3v) is 3.35. The van der Waals surface area contributed by atoms with E-state index in [-0.39, 0.29) is 0 Å². The van der Waals surface area contributed by atoms with Crippen LogP contribution < -0.4 is 5.32 Å². The lowest BCUT2D eigenvalue weighted by atomic mass is 10.2. The fraction of sp³-hybridized carbons (Fsp3) is 0.231. The standard InChI is InChI=1S/C13H13N7/c1-2-4-9(5-3-1)11-15-12(18-17-11)13-19-16-10-8-14-6-7-20(10)13/h1-5,14H,6-8H2,(H,15,17,18). The topological polar surface area (TPSA) is 84.3 Å². The maximum atomic E-state index is 4.52. The van der Waals surface area contributed by atoms with Crippen LogP contribution in [0.1, 0.15) is 5.82 Å². The van der Waals surface area contributed by atoms with E-state index in [0.29, 0.717) is 11.6 Å². The summed E-state index contributed by atoms with van der Waals surface area (Å²) in [6.07, 6.45) is 0. The zero-order valence-corrected chi connectivity index (χ0v) is 10.7. The zero-order chi connectivity index (χ0) is 13.4. The Hall–Kier alpha value is -2.54. The molecule has 0 unspecified atom stereocenters. The van der Waals surface area contributed by atoms with E-state index in [2.05, 4.69) is 35.3 Å². The van der Waals surface area contributed by atoms with Gasteiger partial charge in [-0.2, -0.15) is 5.10 Å². The molecule has 7 nitrogen and oxygen atoms in total. The highest BCUT2D eigenvalue weighted by Gasteiger charge is 2.19. The highest BCUT2D eigenvalue weighted by Crippen LogP contribution is 2.19. The molecule has 3 heterocycles. The molecule has 0 atom stereocenters. The molecule has 4 rings (SSSR count). The van der Waals surface area contributed by atoms with Crippen LogP contribution in [0.3, 0.4) is 0 Å². The molecule has 0 fully saturated rings. The molecule has 2 N–H and O–H groups in total. The number of nitrogens with one attached hydrogen (secondary N) is 2. The number of hydrogen-bond acceptors (Lipinski definition) is 5. The van der Waals surface area contributed by atoms with Gasteiger partial charge in [-0.15, -0.1) is 10.2 Å². The second-order valence-electron chi connectivity index (χ2n) is 4.64. The van der Waals surface area contributed by atoms with E-state index in [4.69, 9.17) is 0 Å². The number of hydrogen-bond donors (Lipinski definition) is 2. The maximum Gasteiger partial charge on any atom is 0.201 e. The van der Waals surface area contributed by atoms with Gasteiger partial charge in [-0.05, 0) is 0 Å². The van der Waals surface area contributed by atoms with Crippen molar-refractivity contribution in [2.45, 2.75) is 13.1 Å². The van der Waals surface area contributed by atoms with Gasteiger partial charge >= 0.3 is 0 Å². The molecule has 0 spiro atoms. The minimum Gasteiger partial charge on any atom is -0.308 e. The fourth-order valence-corrected chi connectivity index (χ4v) is 2.35. The summed E-state index contributed by atoms with van der Waals surface area (Å²) in [6, 6.07) is 9.87. The first-order chi connectivity index (χ1) is 9.92. The van der Waals surface area contributed by atoms with Crippen molar-refractivity contribution in [3.63, 3.8) is 0 Å². The minimum absolute atomic E-state index is 0.657. The van der Waals surface area contributed by atoms with Gasteiger partial charge in [0.15, 0.2) is 11.6 Å². The number of rotatable bonds is 2. The molecule has 0 aliphatic carbocycles. The van der Waals surface area contributed by atoms with Gasteiger partial charge in [0.1, 0.15) is 5.82 Å². The van der Waals surface area contributed by atoms with Gasteiger partial charge in [-0.25, -0.2) is 4.98 Å². The van der Waals surface area contributed by atoms with Gasteiger partial charge in [0.25, 0.3) is 0 Å². The van der Waals surface area contributed by atoms with Crippen molar-refractivity contribution < 1.29 is 0 Å². The SMILES string of the molecule is c1ccc(-c2n[nH]c(-c3nnc4n3CCNC4)n2)cc1. The van der Waals surface area contributed by atoms with Crippen LogP contribution in [0.2, 0.25) is 0 Å². The third-order valence-electron chi connectivity index (χ3n) is 3.35. The fourth-order valence-electron chi connectivity index (χ4n) is 2.35. The molecule has 1 aliphatic rings. The molecular formula is C13H13N7. The summed E-state index contributed by atoms with van der Waals surface area (Å²) in [5.41, 5.74) is 0.982. The van der Waals surface area contributed by atoms with Crippen LogP contribution >= 0.6 is 0 Å². The Labute approximate surface area is 115 Å². The van der Waals surface area contributed by atoms with E-state index in [9.17, 15) is 0 Å². The van der Waals surface area contributed by atoms with Crippen molar-refractivity contribution in [1.29, 1.82) is 0 Å². The Kier molecular flexibility index (Phi) is 2.56. The predicted molar refractivity (Wildman–Crippen MR) is 72.5 cm³/mol. The molecule has 1 aromatic carbocycles. The number of H-pyrrole nitrogens is 1. The van der Waals surface area contributed by atoms with Crippen LogP contribution in [0.15, 0.2) is 30.3 Å². The summed E-state index contributed by atoms with van der Waals surface area (Å²) >= 11 is 0. The lowest BCUT2D eigenvalue weighted by molar-refractivity contribution is 0.507. The summed E-state index contributed by atoms with van der Waals surface area (Å²) in [4.78, 5) is 4.52. The van der Waals surface area contributed by atoms with Gasteiger partial charge in [-0.1, -0.05) is 30.3 Å². The Morgan fingerprint density at radius 1 is 1.10 bits per heavy atom. The number of aromatic amines is 1. The van der Waals surface area contributed by atoms with Gasteiger partial charge in [0.2, 0.25) is 5.82 Å². The molecule has 0 radical (unpaired) electrons. The smallest absolute Gasteiger partial charge is 0.201 e. The van der Waals surface area contributed by atoms with Crippen molar-refractivity contribution in [3.05, 3.63) is 36.2 Å². The first-order valence-electron chi connectivity index (χ1n) is 6.53. The van der Waals surface area contributed by atoms with Crippen LogP contribution in [0.25, 0.3) is 23.0 Å². The van der Waals surface area contributed by atoms with Crippen molar-refractivity contribution in [1.82, 2.24) is 35.3 Å². The van der Waals surface area contributed by atoms with Crippen molar-refractivity contribution in [3.8, 4) is 23.0 Å². The second kappa shape index (κ2) is 4.53. The van der Waals surface area contributed by atoms with Crippen LogP contribution in [-0.4, -0.2) is 36.5 Å². The van der Waals surface area contributed by atoms with Crippen molar-refractivity contribution in [2.24, 2.45) is 0 Å². The van der Waals surface area contributed by atoms with Gasteiger partial charge in [0.05, 0.1) is 6.54 Å². The number of benzene rings is 1. The highest BCUT2D eigenvalue weighted by molar-refractivity contribution is 5.57. The molecule has 20 heavy (non-hydrogen) atoms. The van der Waals surface area contributed by atoms with E-state index >= 15 is 0 Å². The third kappa shape index (κ3) is 1.79. The average molecular weight is 267 g/mol. The number of aromatic nitrogens is 6. The maximum absolute atomic E-state index is 4.52. The van der Waals surface area contributed by atoms with E-state index in [0.717, 1.165) is 36.8 Å². The van der Waals surface area contributed by atoms with Gasteiger partial charge < -0.3 is 9.88 Å². The highest BCUT2D eigenvalue weighted by atomic mass is 15.3. The van der Waals surface area contributed by atoms with Crippen LogP contribution in [0, 0.1) is 0 Å². The minimum atomic E-state index is 0.657. The molecule has 1 aliphatic heterocycles. The molecule has 100 valence electrons. The largest absolute Gasteiger partial charge is 0.308 e. The summed E-state index contributed by atoms with van der Waals surface area (Å²) in [7, 11) is 0. The Morgan fingerprint density at radius 3 is 2.90 bits per heavy atom. The normalized spacial score (nSPS) is 14.2. The summed E-state index contributed by atoms with van der Waals surface area (Å²) in [5.74, 6) is 3.01. The van der Waals surface area contributed by atoms with Crippen molar-refractivity contribution >= 4 is 0 Å². The van der Waals surface area contributed by atoms with E-state index < -0.39 is 0 Å². The lowest BCUT2D eigenvalue weighted by Crippen LogP contribution is -2.28. The number of fused-ring (bicyclic) bond motifs is 1. The first kappa shape index (κ1) is 11.3. The van der Waals surface area contributed by atoms with E-state index in [1.54, 1.807) is 0 Å². The van der Waals surface area contributed by atoms with E-state index in [1.807, 2.05) is 30.3 Å². The molecule has 7 heteroatoms. The summed E-state index contributed by atoms with van der Waals surface area (Å²) in [5, 5.41) is 18.9. The van der Waals surface area contributed by atoms with Crippen molar-refractivity contribution in [2.75, 3.05) is 6.54 Å². The Bertz CT molecular complexity index is 728.